The van der Waals surface area contributed by atoms with E-state index in [1.165, 1.54) is 0 Å². The number of hydrogen-bond acceptors (Lipinski definition) is 3. The Kier molecular flexibility index (Phi) is 2.87. The minimum atomic E-state index is 0.0561. The largest absolute Gasteiger partial charge is 0.399 e. The van der Waals surface area contributed by atoms with Crippen LogP contribution in [-0.2, 0) is 6.54 Å². The SMILES string of the molecule is Cc1c(N)cccc1Cn1ccc2sccc2c1=O. The van der Waals surface area contributed by atoms with Crippen LogP contribution >= 0.6 is 11.3 Å². The van der Waals surface area contributed by atoms with Crippen LogP contribution in [0, 0.1) is 6.92 Å². The number of aromatic nitrogens is 1. The summed E-state index contributed by atoms with van der Waals surface area (Å²) in [6, 6.07) is 9.68. The predicted octanol–water partition coefficient (Wildman–Crippen LogP) is 3.00. The Balaban J connectivity index is 2.08. The van der Waals surface area contributed by atoms with Crippen molar-refractivity contribution in [2.24, 2.45) is 0 Å². The summed E-state index contributed by atoms with van der Waals surface area (Å²) >= 11 is 1.59. The zero-order valence-electron chi connectivity index (χ0n) is 10.6. The number of hydrogen-bond donors (Lipinski definition) is 1. The first kappa shape index (κ1) is 12.0. The van der Waals surface area contributed by atoms with Crippen LogP contribution in [0.3, 0.4) is 0 Å². The van der Waals surface area contributed by atoms with Crippen molar-refractivity contribution in [1.82, 2.24) is 4.57 Å². The molecule has 0 radical (unpaired) electrons. The maximum absolute atomic E-state index is 12.3. The smallest absolute Gasteiger partial charge is 0.259 e. The van der Waals surface area contributed by atoms with Crippen molar-refractivity contribution in [3.05, 3.63) is 63.4 Å². The van der Waals surface area contributed by atoms with Gasteiger partial charge in [0, 0.05) is 16.6 Å². The molecule has 0 aliphatic heterocycles. The number of nitrogens with two attached hydrogens (primary N) is 1. The topological polar surface area (TPSA) is 48.0 Å². The molecule has 0 aliphatic rings. The molecule has 0 amide bonds. The summed E-state index contributed by atoms with van der Waals surface area (Å²) in [7, 11) is 0. The molecular weight excluding hydrogens is 256 g/mol. The van der Waals surface area contributed by atoms with E-state index < -0.39 is 0 Å². The van der Waals surface area contributed by atoms with Gasteiger partial charge in [-0.05, 0) is 41.6 Å². The Bertz CT molecular complexity index is 801. The minimum absolute atomic E-state index is 0.0561. The van der Waals surface area contributed by atoms with Gasteiger partial charge in [0.25, 0.3) is 5.56 Å². The number of thiophene rings is 1. The third-order valence-electron chi connectivity index (χ3n) is 3.42. The van der Waals surface area contributed by atoms with Crippen molar-refractivity contribution < 1.29 is 0 Å². The second kappa shape index (κ2) is 4.55. The molecule has 0 bridgehead atoms. The van der Waals surface area contributed by atoms with E-state index in [4.69, 9.17) is 5.73 Å². The second-order valence-corrected chi connectivity index (χ2v) is 5.53. The number of pyridine rings is 1. The van der Waals surface area contributed by atoms with E-state index >= 15 is 0 Å². The van der Waals surface area contributed by atoms with Gasteiger partial charge in [0.05, 0.1) is 11.9 Å². The van der Waals surface area contributed by atoms with Gasteiger partial charge in [0.2, 0.25) is 0 Å². The Morgan fingerprint density at radius 2 is 2.11 bits per heavy atom. The summed E-state index contributed by atoms with van der Waals surface area (Å²) in [6.45, 7) is 2.54. The van der Waals surface area contributed by atoms with Crippen molar-refractivity contribution in [3.63, 3.8) is 0 Å². The average molecular weight is 270 g/mol. The van der Waals surface area contributed by atoms with E-state index in [-0.39, 0.29) is 5.56 Å². The maximum atomic E-state index is 12.3. The van der Waals surface area contributed by atoms with Crippen molar-refractivity contribution in [2.75, 3.05) is 5.73 Å². The lowest BCUT2D eigenvalue weighted by Crippen LogP contribution is -2.20. The van der Waals surface area contributed by atoms with Crippen LogP contribution in [0.25, 0.3) is 10.1 Å². The number of benzene rings is 1. The van der Waals surface area contributed by atoms with Crippen molar-refractivity contribution in [2.45, 2.75) is 13.5 Å². The minimum Gasteiger partial charge on any atom is -0.399 e. The van der Waals surface area contributed by atoms with Gasteiger partial charge < -0.3 is 10.3 Å². The lowest BCUT2D eigenvalue weighted by atomic mass is 10.1. The summed E-state index contributed by atoms with van der Waals surface area (Å²) in [5, 5.41) is 2.73. The molecule has 19 heavy (non-hydrogen) atoms. The van der Waals surface area contributed by atoms with Gasteiger partial charge in [-0.25, -0.2) is 0 Å². The van der Waals surface area contributed by atoms with Crippen molar-refractivity contribution in [3.8, 4) is 0 Å². The van der Waals surface area contributed by atoms with Gasteiger partial charge in [-0.1, -0.05) is 12.1 Å². The molecule has 0 fully saturated rings. The Hall–Kier alpha value is -2.07. The Morgan fingerprint density at radius 1 is 1.26 bits per heavy atom. The highest BCUT2D eigenvalue weighted by atomic mass is 32.1. The third kappa shape index (κ3) is 2.04. The van der Waals surface area contributed by atoms with Crippen LogP contribution in [-0.4, -0.2) is 4.57 Å². The normalized spacial score (nSPS) is 11.0. The molecule has 96 valence electrons. The number of anilines is 1. The molecule has 3 nitrogen and oxygen atoms in total. The molecule has 0 unspecified atom stereocenters. The number of nitrogen functional groups attached to an aromatic ring is 1. The molecule has 3 aromatic rings. The fourth-order valence-electron chi connectivity index (χ4n) is 2.19. The molecule has 2 heterocycles. The molecule has 0 saturated heterocycles. The fourth-order valence-corrected chi connectivity index (χ4v) is 2.96. The highest BCUT2D eigenvalue weighted by Gasteiger charge is 2.06. The van der Waals surface area contributed by atoms with Gasteiger partial charge in [-0.2, -0.15) is 0 Å². The van der Waals surface area contributed by atoms with E-state index in [0.29, 0.717) is 6.54 Å². The zero-order valence-corrected chi connectivity index (χ0v) is 11.4. The maximum Gasteiger partial charge on any atom is 0.259 e. The highest BCUT2D eigenvalue weighted by molar-refractivity contribution is 7.17. The van der Waals surface area contributed by atoms with E-state index in [1.807, 2.05) is 48.8 Å². The van der Waals surface area contributed by atoms with Gasteiger partial charge in [0.1, 0.15) is 0 Å². The average Bonchev–Trinajstić information content (AvgIpc) is 2.87. The molecule has 3 rings (SSSR count). The Labute approximate surface area is 114 Å². The van der Waals surface area contributed by atoms with E-state index in [0.717, 1.165) is 26.9 Å². The molecule has 4 heteroatoms. The molecule has 0 atom stereocenters. The summed E-state index contributed by atoms with van der Waals surface area (Å²) in [6.07, 6.45) is 1.85. The highest BCUT2D eigenvalue weighted by Crippen LogP contribution is 2.19. The number of fused-ring (bicyclic) bond motifs is 1. The van der Waals surface area contributed by atoms with Gasteiger partial charge in [-0.3, -0.25) is 4.79 Å². The zero-order chi connectivity index (χ0) is 13.4. The molecule has 0 saturated carbocycles. The van der Waals surface area contributed by atoms with Gasteiger partial charge in [-0.15, -0.1) is 11.3 Å². The number of nitrogens with zero attached hydrogens (tertiary/aromatic N) is 1. The van der Waals surface area contributed by atoms with Crippen LogP contribution in [0.15, 0.2) is 46.7 Å². The third-order valence-corrected chi connectivity index (χ3v) is 4.30. The van der Waals surface area contributed by atoms with Gasteiger partial charge >= 0.3 is 0 Å². The molecule has 2 N–H and O–H groups in total. The molecule has 1 aromatic carbocycles. The van der Waals surface area contributed by atoms with Crippen molar-refractivity contribution >= 4 is 27.1 Å². The first-order valence-corrected chi connectivity index (χ1v) is 6.95. The van der Waals surface area contributed by atoms with E-state index in [2.05, 4.69) is 0 Å². The fraction of sp³-hybridized carbons (Fsp3) is 0.133. The van der Waals surface area contributed by atoms with Crippen LogP contribution in [0.1, 0.15) is 11.1 Å². The monoisotopic (exact) mass is 270 g/mol. The summed E-state index contributed by atoms with van der Waals surface area (Å²) in [5.74, 6) is 0. The van der Waals surface area contributed by atoms with E-state index in [9.17, 15) is 4.79 Å². The lowest BCUT2D eigenvalue weighted by Gasteiger charge is -2.10. The number of rotatable bonds is 2. The summed E-state index contributed by atoms with van der Waals surface area (Å²) in [4.78, 5) is 12.3. The Morgan fingerprint density at radius 3 is 2.95 bits per heavy atom. The molecule has 0 aliphatic carbocycles. The summed E-state index contributed by atoms with van der Waals surface area (Å²) in [5.41, 5.74) is 8.84. The molecule has 0 spiro atoms. The quantitative estimate of drug-likeness (QED) is 0.728. The van der Waals surface area contributed by atoms with Crippen LogP contribution < -0.4 is 11.3 Å². The standard InChI is InChI=1S/C15H14N2OS/c1-10-11(3-2-4-13(10)16)9-17-7-5-14-12(15(17)18)6-8-19-14/h2-8H,9,16H2,1H3. The lowest BCUT2D eigenvalue weighted by molar-refractivity contribution is 0.764. The summed E-state index contributed by atoms with van der Waals surface area (Å²) < 4.78 is 2.77. The first-order chi connectivity index (χ1) is 9.16. The van der Waals surface area contributed by atoms with Gasteiger partial charge in [0.15, 0.2) is 0 Å². The van der Waals surface area contributed by atoms with Crippen LogP contribution in [0.5, 0.6) is 0 Å². The first-order valence-electron chi connectivity index (χ1n) is 6.07. The molecular formula is C15H14N2OS. The van der Waals surface area contributed by atoms with Crippen LogP contribution in [0.2, 0.25) is 0 Å². The van der Waals surface area contributed by atoms with Crippen LogP contribution in [0.4, 0.5) is 5.69 Å². The van der Waals surface area contributed by atoms with E-state index in [1.54, 1.807) is 15.9 Å². The molecule has 2 aromatic heterocycles. The second-order valence-electron chi connectivity index (χ2n) is 4.58. The van der Waals surface area contributed by atoms with Crippen molar-refractivity contribution in [1.29, 1.82) is 0 Å². The predicted molar refractivity (Wildman–Crippen MR) is 80.8 cm³/mol.